The Balaban J connectivity index is 2.07. The highest BCUT2D eigenvalue weighted by Gasteiger charge is 2.23. The molecule has 0 atom stereocenters. The third-order valence-corrected chi connectivity index (χ3v) is 4.42. The van der Waals surface area contributed by atoms with Crippen LogP contribution in [-0.4, -0.2) is 41.2 Å². The summed E-state index contributed by atoms with van der Waals surface area (Å²) in [4.78, 5) is 28.9. The highest BCUT2D eigenvalue weighted by atomic mass is 16.3. The molecule has 0 aliphatic carbocycles. The fourth-order valence-electron chi connectivity index (χ4n) is 2.96. The summed E-state index contributed by atoms with van der Waals surface area (Å²) in [5, 5.41) is 0. The zero-order chi connectivity index (χ0) is 19.6. The predicted octanol–water partition coefficient (Wildman–Crippen LogP) is 3.75. The van der Waals surface area contributed by atoms with E-state index in [4.69, 9.17) is 4.42 Å². The third kappa shape index (κ3) is 6.59. The quantitative estimate of drug-likeness (QED) is 0.640. The Labute approximate surface area is 162 Å². The molecule has 2 aromatic rings. The van der Waals surface area contributed by atoms with E-state index in [9.17, 15) is 9.59 Å². The van der Waals surface area contributed by atoms with Crippen LogP contribution in [-0.2, 0) is 22.6 Å². The number of rotatable bonds is 10. The summed E-state index contributed by atoms with van der Waals surface area (Å²) in [7, 11) is 0. The molecule has 0 bridgehead atoms. The fraction of sp³-hybridized carbons (Fsp3) is 0.455. The molecule has 1 aromatic carbocycles. The SMILES string of the molecule is CCCN(CC(=O)N(CCc1ccccc1)Cc1ccco1)C(=O)C(C)C. The van der Waals surface area contributed by atoms with E-state index in [1.807, 2.05) is 51.1 Å². The maximum absolute atomic E-state index is 13.0. The van der Waals surface area contributed by atoms with Gasteiger partial charge in [-0.2, -0.15) is 0 Å². The minimum Gasteiger partial charge on any atom is -0.467 e. The molecule has 146 valence electrons. The maximum atomic E-state index is 13.0. The monoisotopic (exact) mass is 370 g/mol. The molecule has 1 aromatic heterocycles. The van der Waals surface area contributed by atoms with Crippen molar-refractivity contribution in [3.05, 3.63) is 60.1 Å². The van der Waals surface area contributed by atoms with Crippen LogP contribution in [0.15, 0.2) is 53.1 Å². The first-order valence-corrected chi connectivity index (χ1v) is 9.64. The van der Waals surface area contributed by atoms with Gasteiger partial charge in [-0.25, -0.2) is 0 Å². The number of hydrogen-bond donors (Lipinski definition) is 0. The maximum Gasteiger partial charge on any atom is 0.242 e. The van der Waals surface area contributed by atoms with Crippen LogP contribution < -0.4 is 0 Å². The Hall–Kier alpha value is -2.56. The smallest absolute Gasteiger partial charge is 0.242 e. The average Bonchev–Trinajstić information content (AvgIpc) is 3.18. The number of amides is 2. The van der Waals surface area contributed by atoms with Gasteiger partial charge in [0, 0.05) is 19.0 Å². The molecule has 5 heteroatoms. The molecule has 0 aliphatic rings. The van der Waals surface area contributed by atoms with Gasteiger partial charge in [0.25, 0.3) is 0 Å². The van der Waals surface area contributed by atoms with Crippen LogP contribution in [0.25, 0.3) is 0 Å². The van der Waals surface area contributed by atoms with Crippen LogP contribution in [0.3, 0.4) is 0 Å². The second kappa shape index (κ2) is 10.6. The van der Waals surface area contributed by atoms with Crippen molar-refractivity contribution in [2.24, 2.45) is 5.92 Å². The highest BCUT2D eigenvalue weighted by molar-refractivity contribution is 5.85. The standard InChI is InChI=1S/C22H30N2O3/c1-4-13-24(22(26)18(2)3)17-21(25)23(16-20-11-8-15-27-20)14-12-19-9-6-5-7-10-19/h5-11,15,18H,4,12-14,16-17H2,1-3H3. The van der Waals surface area contributed by atoms with Gasteiger partial charge in [-0.15, -0.1) is 0 Å². The van der Waals surface area contributed by atoms with E-state index in [0.717, 1.165) is 18.6 Å². The van der Waals surface area contributed by atoms with Crippen LogP contribution in [0, 0.1) is 5.92 Å². The Bertz CT molecular complexity index is 696. The number of hydrogen-bond acceptors (Lipinski definition) is 3. The number of carbonyl (C=O) groups is 2. The van der Waals surface area contributed by atoms with Crippen molar-refractivity contribution in [3.8, 4) is 0 Å². The molecule has 0 saturated carbocycles. The summed E-state index contributed by atoms with van der Waals surface area (Å²) in [6, 6.07) is 13.8. The summed E-state index contributed by atoms with van der Waals surface area (Å²) in [6.45, 7) is 7.45. The lowest BCUT2D eigenvalue weighted by Gasteiger charge is -2.28. The van der Waals surface area contributed by atoms with Gasteiger partial charge in [0.05, 0.1) is 19.4 Å². The fourth-order valence-corrected chi connectivity index (χ4v) is 2.96. The molecule has 0 N–H and O–H groups in total. The molecule has 2 rings (SSSR count). The van der Waals surface area contributed by atoms with Gasteiger partial charge in [-0.05, 0) is 30.5 Å². The molecule has 0 saturated heterocycles. The van der Waals surface area contributed by atoms with Crippen molar-refractivity contribution >= 4 is 11.8 Å². The molecule has 27 heavy (non-hydrogen) atoms. The molecule has 0 unspecified atom stereocenters. The number of nitrogens with zero attached hydrogens (tertiary/aromatic N) is 2. The number of carbonyl (C=O) groups excluding carboxylic acids is 2. The number of furan rings is 1. The van der Waals surface area contributed by atoms with Gasteiger partial charge in [-0.3, -0.25) is 9.59 Å². The molecule has 0 radical (unpaired) electrons. The molecule has 2 amide bonds. The lowest BCUT2D eigenvalue weighted by Crippen LogP contribution is -2.44. The minimum atomic E-state index is -0.118. The van der Waals surface area contributed by atoms with Crippen molar-refractivity contribution in [1.82, 2.24) is 9.80 Å². The van der Waals surface area contributed by atoms with Crippen molar-refractivity contribution in [1.29, 1.82) is 0 Å². The molecule has 5 nitrogen and oxygen atoms in total. The topological polar surface area (TPSA) is 53.8 Å². The van der Waals surface area contributed by atoms with Gasteiger partial charge in [0.1, 0.15) is 5.76 Å². The summed E-state index contributed by atoms with van der Waals surface area (Å²) < 4.78 is 5.43. The minimum absolute atomic E-state index is 0.0196. The second-order valence-corrected chi connectivity index (χ2v) is 7.04. The first-order chi connectivity index (χ1) is 13.0. The summed E-state index contributed by atoms with van der Waals surface area (Å²) in [5.41, 5.74) is 1.18. The van der Waals surface area contributed by atoms with Gasteiger partial charge in [0.15, 0.2) is 0 Å². The molecule has 0 fully saturated rings. The summed E-state index contributed by atoms with van der Waals surface area (Å²) in [5.74, 6) is 0.594. The van der Waals surface area contributed by atoms with E-state index in [-0.39, 0.29) is 24.3 Å². The van der Waals surface area contributed by atoms with Crippen LogP contribution in [0.2, 0.25) is 0 Å². The molecular formula is C22H30N2O3. The Kier molecular flexibility index (Phi) is 8.11. The van der Waals surface area contributed by atoms with E-state index in [1.54, 1.807) is 16.1 Å². The van der Waals surface area contributed by atoms with E-state index >= 15 is 0 Å². The Morgan fingerprint density at radius 3 is 2.33 bits per heavy atom. The Morgan fingerprint density at radius 1 is 1.00 bits per heavy atom. The van der Waals surface area contributed by atoms with E-state index in [1.165, 1.54) is 5.56 Å². The second-order valence-electron chi connectivity index (χ2n) is 7.04. The van der Waals surface area contributed by atoms with Crippen molar-refractivity contribution in [2.45, 2.75) is 40.2 Å². The van der Waals surface area contributed by atoms with Crippen molar-refractivity contribution in [2.75, 3.05) is 19.6 Å². The van der Waals surface area contributed by atoms with Gasteiger partial charge in [0.2, 0.25) is 11.8 Å². The molecule has 0 spiro atoms. The van der Waals surface area contributed by atoms with E-state index in [0.29, 0.717) is 19.6 Å². The lowest BCUT2D eigenvalue weighted by molar-refractivity contribution is -0.142. The summed E-state index contributed by atoms with van der Waals surface area (Å²) >= 11 is 0. The third-order valence-electron chi connectivity index (χ3n) is 4.42. The van der Waals surface area contributed by atoms with Crippen LogP contribution >= 0.6 is 0 Å². The van der Waals surface area contributed by atoms with Crippen LogP contribution in [0.5, 0.6) is 0 Å². The zero-order valence-electron chi connectivity index (χ0n) is 16.6. The summed E-state index contributed by atoms with van der Waals surface area (Å²) in [6.07, 6.45) is 3.20. The van der Waals surface area contributed by atoms with Gasteiger partial charge >= 0.3 is 0 Å². The highest BCUT2D eigenvalue weighted by Crippen LogP contribution is 2.10. The predicted molar refractivity (Wildman–Crippen MR) is 106 cm³/mol. The average molecular weight is 370 g/mol. The normalized spacial score (nSPS) is 10.8. The van der Waals surface area contributed by atoms with E-state index in [2.05, 4.69) is 12.1 Å². The largest absolute Gasteiger partial charge is 0.467 e. The lowest BCUT2D eigenvalue weighted by atomic mass is 10.1. The van der Waals surface area contributed by atoms with Crippen molar-refractivity contribution < 1.29 is 14.0 Å². The molecule has 1 heterocycles. The number of benzene rings is 1. The van der Waals surface area contributed by atoms with Gasteiger partial charge in [-0.1, -0.05) is 51.1 Å². The first kappa shape index (κ1) is 20.7. The van der Waals surface area contributed by atoms with Crippen LogP contribution in [0.1, 0.15) is 38.5 Å². The molecular weight excluding hydrogens is 340 g/mol. The molecule has 0 aliphatic heterocycles. The zero-order valence-corrected chi connectivity index (χ0v) is 16.6. The Morgan fingerprint density at radius 2 is 1.74 bits per heavy atom. The van der Waals surface area contributed by atoms with Gasteiger partial charge < -0.3 is 14.2 Å². The van der Waals surface area contributed by atoms with Crippen LogP contribution in [0.4, 0.5) is 0 Å². The van der Waals surface area contributed by atoms with E-state index < -0.39 is 0 Å². The van der Waals surface area contributed by atoms with Crippen molar-refractivity contribution in [3.63, 3.8) is 0 Å². The first-order valence-electron chi connectivity index (χ1n) is 9.64.